The van der Waals surface area contributed by atoms with E-state index in [9.17, 15) is 18.0 Å². The van der Waals surface area contributed by atoms with Gasteiger partial charge in [0.2, 0.25) is 10.0 Å². The molecule has 1 N–H and O–H groups in total. The number of piperazine rings is 1. The molecule has 0 aliphatic carbocycles. The molecule has 0 bridgehead atoms. The van der Waals surface area contributed by atoms with Crippen molar-refractivity contribution in [2.45, 2.75) is 18.4 Å². The largest absolute Gasteiger partial charge is 0.322 e. The van der Waals surface area contributed by atoms with Crippen molar-refractivity contribution in [3.05, 3.63) is 56.7 Å². The van der Waals surface area contributed by atoms with Gasteiger partial charge in [-0.1, -0.05) is 22.9 Å². The molecule has 2 heterocycles. The van der Waals surface area contributed by atoms with Crippen molar-refractivity contribution >= 4 is 54.8 Å². The van der Waals surface area contributed by atoms with Gasteiger partial charge in [0.25, 0.3) is 5.91 Å². The molecule has 8 nitrogen and oxygen atoms in total. The molecular weight excluding hydrogens is 472 g/mol. The molecule has 170 valence electrons. The number of amides is 1. The summed E-state index contributed by atoms with van der Waals surface area (Å²) in [4.78, 5) is 27.0. The van der Waals surface area contributed by atoms with Crippen molar-refractivity contribution in [3.8, 4) is 0 Å². The number of aromatic nitrogens is 1. The van der Waals surface area contributed by atoms with Crippen LogP contribution in [0.3, 0.4) is 0 Å². The summed E-state index contributed by atoms with van der Waals surface area (Å²) < 4.78 is 29.9. The number of halogens is 1. The summed E-state index contributed by atoms with van der Waals surface area (Å²) in [6.45, 7) is 4.54. The molecular formula is C21H23ClN4O4S2. The lowest BCUT2D eigenvalue weighted by Crippen LogP contribution is -2.47. The first-order valence-electron chi connectivity index (χ1n) is 10.1. The van der Waals surface area contributed by atoms with Crippen LogP contribution in [0.15, 0.2) is 46.1 Å². The Morgan fingerprint density at radius 1 is 1.12 bits per heavy atom. The van der Waals surface area contributed by atoms with Crippen LogP contribution in [0.1, 0.15) is 17.3 Å². The van der Waals surface area contributed by atoms with Crippen LogP contribution in [-0.2, 0) is 16.6 Å². The van der Waals surface area contributed by atoms with E-state index in [1.165, 1.54) is 22.5 Å². The van der Waals surface area contributed by atoms with E-state index in [-0.39, 0.29) is 20.4 Å². The highest BCUT2D eigenvalue weighted by molar-refractivity contribution is 7.89. The van der Waals surface area contributed by atoms with Gasteiger partial charge in [-0.15, -0.1) is 0 Å². The van der Waals surface area contributed by atoms with Gasteiger partial charge in [-0.3, -0.25) is 14.2 Å². The number of rotatable bonds is 5. The molecule has 0 atom stereocenters. The molecule has 4 rings (SSSR count). The molecule has 11 heteroatoms. The molecule has 1 aromatic heterocycles. The van der Waals surface area contributed by atoms with Gasteiger partial charge in [0.05, 0.1) is 25.7 Å². The third-order valence-electron chi connectivity index (χ3n) is 5.52. The summed E-state index contributed by atoms with van der Waals surface area (Å²) in [5.41, 5.74) is 1.37. The summed E-state index contributed by atoms with van der Waals surface area (Å²) in [5.74, 6) is -0.521. The number of carbonyl (C=O) groups excluding carboxylic acids is 1. The maximum absolute atomic E-state index is 13.0. The zero-order chi connectivity index (χ0) is 23.0. The van der Waals surface area contributed by atoms with Crippen LogP contribution in [-0.4, -0.2) is 61.3 Å². The van der Waals surface area contributed by atoms with Crippen molar-refractivity contribution in [2.75, 3.05) is 38.5 Å². The molecule has 3 aromatic rings. The van der Waals surface area contributed by atoms with Crippen molar-refractivity contribution in [3.63, 3.8) is 0 Å². The normalized spacial score (nSPS) is 15.8. The molecule has 1 saturated heterocycles. The lowest BCUT2D eigenvalue weighted by Gasteiger charge is -2.31. The minimum Gasteiger partial charge on any atom is -0.322 e. The maximum atomic E-state index is 13.0. The Labute approximate surface area is 195 Å². The first-order chi connectivity index (χ1) is 15.2. The van der Waals surface area contributed by atoms with E-state index in [4.69, 9.17) is 11.6 Å². The van der Waals surface area contributed by atoms with Gasteiger partial charge < -0.3 is 10.2 Å². The summed E-state index contributed by atoms with van der Waals surface area (Å²) in [6.07, 6.45) is 0. The van der Waals surface area contributed by atoms with Gasteiger partial charge in [-0.2, -0.15) is 4.31 Å². The number of aryl methyl sites for hydroxylation is 1. The first kappa shape index (κ1) is 22.9. The highest BCUT2D eigenvalue weighted by Crippen LogP contribution is 2.26. The fourth-order valence-electron chi connectivity index (χ4n) is 3.66. The van der Waals surface area contributed by atoms with Crippen LogP contribution in [0.5, 0.6) is 0 Å². The Hall–Kier alpha value is -2.24. The van der Waals surface area contributed by atoms with Crippen molar-refractivity contribution in [2.24, 2.45) is 0 Å². The minimum absolute atomic E-state index is 0.0327. The van der Waals surface area contributed by atoms with E-state index in [2.05, 4.69) is 10.2 Å². The second-order valence-corrected chi connectivity index (χ2v) is 10.9. The van der Waals surface area contributed by atoms with E-state index in [1.54, 1.807) is 22.8 Å². The number of sulfonamides is 1. The Morgan fingerprint density at radius 3 is 2.53 bits per heavy atom. The van der Waals surface area contributed by atoms with Gasteiger partial charge in [-0.25, -0.2) is 8.42 Å². The monoisotopic (exact) mass is 494 g/mol. The van der Waals surface area contributed by atoms with E-state index < -0.39 is 15.9 Å². The quantitative estimate of drug-likeness (QED) is 0.588. The second kappa shape index (κ2) is 8.95. The average molecular weight is 495 g/mol. The third-order valence-corrected chi connectivity index (χ3v) is 8.69. The van der Waals surface area contributed by atoms with E-state index >= 15 is 0 Å². The van der Waals surface area contributed by atoms with Crippen LogP contribution in [0.2, 0.25) is 5.02 Å². The second-order valence-electron chi connectivity index (χ2n) is 7.60. The van der Waals surface area contributed by atoms with Crippen molar-refractivity contribution < 1.29 is 13.2 Å². The van der Waals surface area contributed by atoms with E-state index in [0.717, 1.165) is 21.6 Å². The number of likely N-dealkylation sites (N-methyl/N-ethyl adjacent to an activating group) is 1. The molecule has 1 amide bonds. The van der Waals surface area contributed by atoms with Crippen LogP contribution >= 0.6 is 22.9 Å². The number of benzene rings is 2. The number of hydrogen-bond donors (Lipinski definition) is 1. The fourth-order valence-corrected chi connectivity index (χ4v) is 6.31. The molecule has 32 heavy (non-hydrogen) atoms. The minimum atomic E-state index is -3.73. The zero-order valence-electron chi connectivity index (χ0n) is 17.7. The topological polar surface area (TPSA) is 91.7 Å². The number of nitrogens with zero attached hydrogens (tertiary/aromatic N) is 3. The van der Waals surface area contributed by atoms with E-state index in [0.29, 0.717) is 38.4 Å². The Morgan fingerprint density at radius 2 is 1.84 bits per heavy atom. The summed E-state index contributed by atoms with van der Waals surface area (Å²) >= 11 is 7.34. The zero-order valence-corrected chi connectivity index (χ0v) is 20.1. The molecule has 0 unspecified atom stereocenters. The molecule has 1 aliphatic rings. The standard InChI is InChI=1S/C21H23ClN4O4S2/c1-3-26-18-7-4-14(12-19(18)31-21(26)28)23-20(27)16-13-15(5-6-17(16)22)32(29,30)25-10-8-24(2)9-11-25/h4-7,12-13H,3,8-11H2,1-2H3,(H,23,27). The molecule has 0 radical (unpaired) electrons. The maximum Gasteiger partial charge on any atom is 0.308 e. The van der Waals surface area contributed by atoms with Gasteiger partial charge in [-0.05, 0) is 50.4 Å². The molecule has 1 aliphatic heterocycles. The highest BCUT2D eigenvalue weighted by atomic mass is 35.5. The molecule has 1 fully saturated rings. The predicted molar refractivity (Wildman–Crippen MR) is 127 cm³/mol. The lowest BCUT2D eigenvalue weighted by molar-refractivity contribution is 0.102. The molecule has 0 spiro atoms. The van der Waals surface area contributed by atoms with Gasteiger partial charge in [0, 0.05) is 38.4 Å². The van der Waals surface area contributed by atoms with Gasteiger partial charge >= 0.3 is 4.87 Å². The summed E-state index contributed by atoms with van der Waals surface area (Å²) in [7, 11) is -1.79. The highest BCUT2D eigenvalue weighted by Gasteiger charge is 2.28. The average Bonchev–Trinajstić information content (AvgIpc) is 3.08. The van der Waals surface area contributed by atoms with Crippen LogP contribution in [0.25, 0.3) is 10.2 Å². The Balaban J connectivity index is 1.60. The summed E-state index contributed by atoms with van der Waals surface area (Å²) in [6, 6.07) is 9.37. The molecule has 2 aromatic carbocycles. The van der Waals surface area contributed by atoms with Gasteiger partial charge in [0.1, 0.15) is 0 Å². The smallest absolute Gasteiger partial charge is 0.308 e. The lowest BCUT2D eigenvalue weighted by atomic mass is 10.2. The number of anilines is 1. The fraction of sp³-hybridized carbons (Fsp3) is 0.333. The summed E-state index contributed by atoms with van der Waals surface area (Å²) in [5, 5.41) is 2.91. The predicted octanol–water partition coefficient (Wildman–Crippen LogP) is 2.92. The molecule has 0 saturated carbocycles. The van der Waals surface area contributed by atoms with E-state index in [1.807, 2.05) is 14.0 Å². The van der Waals surface area contributed by atoms with Gasteiger partial charge in [0.15, 0.2) is 0 Å². The first-order valence-corrected chi connectivity index (χ1v) is 12.8. The third kappa shape index (κ3) is 4.33. The SMILES string of the molecule is CCn1c(=O)sc2cc(NC(=O)c3cc(S(=O)(=O)N4CCN(C)CC4)ccc3Cl)ccc21. The van der Waals surface area contributed by atoms with Crippen molar-refractivity contribution in [1.82, 2.24) is 13.8 Å². The van der Waals surface area contributed by atoms with Crippen molar-refractivity contribution in [1.29, 1.82) is 0 Å². The van der Waals surface area contributed by atoms with Crippen LogP contribution in [0, 0.1) is 0 Å². The van der Waals surface area contributed by atoms with Crippen LogP contribution < -0.4 is 10.2 Å². The Bertz CT molecular complexity index is 1340. The number of nitrogens with one attached hydrogen (secondary N) is 1. The van der Waals surface area contributed by atoms with Crippen LogP contribution in [0.4, 0.5) is 5.69 Å². The Kier molecular flexibility index (Phi) is 6.42. The number of fused-ring (bicyclic) bond motifs is 1. The number of carbonyl (C=O) groups is 1. The number of thiazole rings is 1. The number of hydrogen-bond acceptors (Lipinski definition) is 6.